The zero-order valence-corrected chi connectivity index (χ0v) is 16.8. The van der Waals surface area contributed by atoms with Gasteiger partial charge in [-0.2, -0.15) is 0 Å². The Labute approximate surface area is 151 Å². The average molecular weight is 367 g/mol. The van der Waals surface area contributed by atoms with Crippen LogP contribution in [0.15, 0.2) is 30.3 Å². The van der Waals surface area contributed by atoms with Gasteiger partial charge in [0.05, 0.1) is 0 Å². The average Bonchev–Trinajstić information content (AvgIpc) is 2.51. The summed E-state index contributed by atoms with van der Waals surface area (Å²) in [6.07, 6.45) is -0.911. The van der Waals surface area contributed by atoms with E-state index in [1.165, 1.54) is 0 Å². The third-order valence-corrected chi connectivity index (χ3v) is 9.14. The van der Waals surface area contributed by atoms with Gasteiger partial charge >= 0.3 is 6.09 Å². The highest BCUT2D eigenvalue weighted by Gasteiger charge is 2.37. The lowest BCUT2D eigenvalue weighted by molar-refractivity contribution is -0.123. The Balaban J connectivity index is 2.58. The van der Waals surface area contributed by atoms with Gasteiger partial charge in [-0.3, -0.25) is 4.79 Å². The maximum atomic E-state index is 12.3. The number of carbonyl (C=O) groups is 2. The van der Waals surface area contributed by atoms with Crippen molar-refractivity contribution in [2.24, 2.45) is 0 Å². The van der Waals surface area contributed by atoms with Crippen molar-refractivity contribution in [3.05, 3.63) is 35.9 Å². The van der Waals surface area contributed by atoms with Gasteiger partial charge in [-0.25, -0.2) is 4.79 Å². The van der Waals surface area contributed by atoms with E-state index >= 15 is 0 Å². The second-order valence-electron chi connectivity index (χ2n) is 7.60. The standard InChI is InChI=1S/C18H30N2O4Si/c1-18(2,3)25(4,5)24-12-11-15(20-17(22)23)16(21)19-13-14-9-7-6-8-10-14/h6-10,15,20H,11-13H2,1-5H3,(H,19,21)(H,22,23)/t15-/m0/s1. The van der Waals surface area contributed by atoms with E-state index in [0.29, 0.717) is 19.6 Å². The van der Waals surface area contributed by atoms with Gasteiger partial charge in [-0.05, 0) is 30.1 Å². The molecule has 7 heteroatoms. The second-order valence-corrected chi connectivity index (χ2v) is 12.4. The zero-order chi connectivity index (χ0) is 19.1. The third kappa shape index (κ3) is 7.27. The normalized spacial score (nSPS) is 13.2. The van der Waals surface area contributed by atoms with Crippen LogP contribution in [0.25, 0.3) is 0 Å². The fourth-order valence-electron chi connectivity index (χ4n) is 1.97. The highest BCUT2D eigenvalue weighted by Crippen LogP contribution is 2.36. The Morgan fingerprint density at radius 3 is 2.32 bits per heavy atom. The molecular weight excluding hydrogens is 336 g/mol. The predicted molar refractivity (Wildman–Crippen MR) is 101 cm³/mol. The summed E-state index contributed by atoms with van der Waals surface area (Å²) in [6, 6.07) is 8.66. The molecule has 0 radical (unpaired) electrons. The molecule has 0 heterocycles. The molecule has 140 valence electrons. The van der Waals surface area contributed by atoms with E-state index in [0.717, 1.165) is 5.56 Å². The topological polar surface area (TPSA) is 87.7 Å². The van der Waals surface area contributed by atoms with Crippen LogP contribution in [0.4, 0.5) is 4.79 Å². The van der Waals surface area contributed by atoms with E-state index in [9.17, 15) is 9.59 Å². The molecule has 25 heavy (non-hydrogen) atoms. The highest BCUT2D eigenvalue weighted by atomic mass is 28.4. The number of nitrogens with one attached hydrogen (secondary N) is 2. The maximum Gasteiger partial charge on any atom is 0.405 e. The summed E-state index contributed by atoms with van der Waals surface area (Å²) >= 11 is 0. The molecule has 6 nitrogen and oxygen atoms in total. The Hall–Kier alpha value is -1.86. The molecule has 0 fully saturated rings. The van der Waals surface area contributed by atoms with Gasteiger partial charge < -0.3 is 20.2 Å². The first-order valence-corrected chi connectivity index (χ1v) is 11.4. The van der Waals surface area contributed by atoms with Crippen LogP contribution in [-0.4, -0.2) is 38.1 Å². The molecule has 1 rings (SSSR count). The van der Waals surface area contributed by atoms with Crippen LogP contribution in [0.2, 0.25) is 18.1 Å². The minimum absolute atomic E-state index is 0.0677. The molecule has 0 aliphatic rings. The van der Waals surface area contributed by atoms with E-state index in [1.807, 2.05) is 30.3 Å². The Bertz CT molecular complexity index is 570. The summed E-state index contributed by atoms with van der Waals surface area (Å²) in [4.78, 5) is 23.3. The van der Waals surface area contributed by atoms with E-state index in [2.05, 4.69) is 44.5 Å². The molecule has 0 aliphatic carbocycles. The third-order valence-electron chi connectivity index (χ3n) is 4.60. The minimum atomic E-state index is -1.92. The van der Waals surface area contributed by atoms with Gasteiger partial charge in [-0.15, -0.1) is 0 Å². The number of benzene rings is 1. The van der Waals surface area contributed by atoms with Crippen LogP contribution in [0.3, 0.4) is 0 Å². The van der Waals surface area contributed by atoms with Crippen LogP contribution in [0.1, 0.15) is 32.8 Å². The molecule has 3 N–H and O–H groups in total. The smallest absolute Gasteiger partial charge is 0.405 e. The van der Waals surface area contributed by atoms with Crippen LogP contribution < -0.4 is 10.6 Å². The maximum absolute atomic E-state index is 12.3. The van der Waals surface area contributed by atoms with Crippen molar-refractivity contribution in [1.82, 2.24) is 10.6 Å². The lowest BCUT2D eigenvalue weighted by Gasteiger charge is -2.36. The van der Waals surface area contributed by atoms with Crippen LogP contribution in [0, 0.1) is 0 Å². The molecule has 0 bridgehead atoms. The second kappa shape index (κ2) is 9.01. The summed E-state index contributed by atoms with van der Waals surface area (Å²) in [6.45, 7) is 11.4. The molecule has 0 aromatic heterocycles. The fourth-order valence-corrected chi connectivity index (χ4v) is 3.04. The number of amides is 2. The Morgan fingerprint density at radius 1 is 1.20 bits per heavy atom. The Kier molecular flexibility index (Phi) is 7.63. The quantitative estimate of drug-likeness (QED) is 0.616. The van der Waals surface area contributed by atoms with E-state index in [4.69, 9.17) is 9.53 Å². The van der Waals surface area contributed by atoms with Crippen LogP contribution >= 0.6 is 0 Å². The summed E-state index contributed by atoms with van der Waals surface area (Å²) in [5, 5.41) is 14.1. The molecule has 0 unspecified atom stereocenters. The van der Waals surface area contributed by atoms with Crippen molar-refractivity contribution in [2.75, 3.05) is 6.61 Å². The molecule has 0 spiro atoms. The lowest BCUT2D eigenvalue weighted by Crippen LogP contribution is -2.48. The Morgan fingerprint density at radius 2 is 1.80 bits per heavy atom. The SMILES string of the molecule is CC(C)(C)[Si](C)(C)OCC[C@H](NC(=O)O)C(=O)NCc1ccccc1. The van der Waals surface area contributed by atoms with Crippen molar-refractivity contribution in [3.8, 4) is 0 Å². The van der Waals surface area contributed by atoms with Gasteiger partial charge in [0, 0.05) is 13.2 Å². The molecule has 0 saturated carbocycles. The van der Waals surface area contributed by atoms with Crippen molar-refractivity contribution >= 4 is 20.3 Å². The monoisotopic (exact) mass is 366 g/mol. The predicted octanol–water partition coefficient (Wildman–Crippen LogP) is 3.35. The summed E-state index contributed by atoms with van der Waals surface area (Å²) in [5.41, 5.74) is 0.961. The van der Waals surface area contributed by atoms with Crippen LogP contribution in [0.5, 0.6) is 0 Å². The molecule has 1 aromatic rings. The number of carboxylic acid groups (broad SMARTS) is 1. The van der Waals surface area contributed by atoms with Gasteiger partial charge in [0.2, 0.25) is 5.91 Å². The first-order valence-electron chi connectivity index (χ1n) is 8.48. The first-order chi connectivity index (χ1) is 11.5. The summed E-state index contributed by atoms with van der Waals surface area (Å²) in [7, 11) is -1.92. The molecular formula is C18H30N2O4Si. The number of rotatable bonds is 8. The highest BCUT2D eigenvalue weighted by molar-refractivity contribution is 6.74. The van der Waals surface area contributed by atoms with Gasteiger partial charge in [0.15, 0.2) is 8.32 Å². The fraction of sp³-hybridized carbons (Fsp3) is 0.556. The van der Waals surface area contributed by atoms with Gasteiger partial charge in [-0.1, -0.05) is 51.1 Å². The zero-order valence-electron chi connectivity index (χ0n) is 15.8. The van der Waals surface area contributed by atoms with Crippen molar-refractivity contribution in [3.63, 3.8) is 0 Å². The van der Waals surface area contributed by atoms with Crippen molar-refractivity contribution < 1.29 is 19.1 Å². The van der Waals surface area contributed by atoms with Crippen molar-refractivity contribution in [1.29, 1.82) is 0 Å². The van der Waals surface area contributed by atoms with E-state index < -0.39 is 20.5 Å². The summed E-state index contributed by atoms with van der Waals surface area (Å²) < 4.78 is 6.04. The molecule has 1 atom stereocenters. The number of hydrogen-bond donors (Lipinski definition) is 3. The molecule has 0 aliphatic heterocycles. The molecule has 1 aromatic carbocycles. The minimum Gasteiger partial charge on any atom is -0.465 e. The van der Waals surface area contributed by atoms with Crippen molar-refractivity contribution in [2.45, 2.75) is 57.9 Å². The first kappa shape index (κ1) is 21.2. The van der Waals surface area contributed by atoms with Crippen LogP contribution in [-0.2, 0) is 15.8 Å². The number of hydrogen-bond acceptors (Lipinski definition) is 3. The van der Waals surface area contributed by atoms with Gasteiger partial charge in [0.1, 0.15) is 6.04 Å². The van der Waals surface area contributed by atoms with E-state index in [-0.39, 0.29) is 10.9 Å². The molecule has 0 saturated heterocycles. The van der Waals surface area contributed by atoms with E-state index in [1.54, 1.807) is 0 Å². The lowest BCUT2D eigenvalue weighted by atomic mass is 10.2. The summed E-state index contributed by atoms with van der Waals surface area (Å²) in [5.74, 6) is -0.343. The molecule has 2 amide bonds. The largest absolute Gasteiger partial charge is 0.465 e. The van der Waals surface area contributed by atoms with Gasteiger partial charge in [0.25, 0.3) is 0 Å². The number of carbonyl (C=O) groups excluding carboxylic acids is 1.